The standard InChI is InChI=1S/C18H19N3O3/c1-2-24-15-8-6-14(7-9-15)21-12-13(11-17(21)22)18(23)20-16-5-3-4-10-19-16/h3-10,13H,2,11-12H2,1H3,(H,19,20,23). The fraction of sp³-hybridized carbons (Fsp3) is 0.278. The molecule has 1 aliphatic rings. The molecule has 24 heavy (non-hydrogen) atoms. The molecule has 0 spiro atoms. The number of nitrogens with zero attached hydrogens (tertiary/aromatic N) is 2. The molecular weight excluding hydrogens is 306 g/mol. The summed E-state index contributed by atoms with van der Waals surface area (Å²) in [4.78, 5) is 30.3. The second kappa shape index (κ2) is 7.12. The van der Waals surface area contributed by atoms with Gasteiger partial charge in [0.25, 0.3) is 0 Å². The summed E-state index contributed by atoms with van der Waals surface area (Å²) in [7, 11) is 0. The first-order valence-corrected chi connectivity index (χ1v) is 7.92. The first-order chi connectivity index (χ1) is 11.7. The molecule has 1 aromatic carbocycles. The number of ether oxygens (including phenoxy) is 1. The number of pyridine rings is 1. The largest absolute Gasteiger partial charge is 0.494 e. The van der Waals surface area contributed by atoms with E-state index in [1.54, 1.807) is 29.3 Å². The van der Waals surface area contributed by atoms with Gasteiger partial charge >= 0.3 is 0 Å². The van der Waals surface area contributed by atoms with Crippen molar-refractivity contribution in [1.29, 1.82) is 0 Å². The van der Waals surface area contributed by atoms with Crippen LogP contribution in [-0.4, -0.2) is 29.9 Å². The molecule has 2 amide bonds. The summed E-state index contributed by atoms with van der Waals surface area (Å²) in [5.74, 6) is 0.633. The Morgan fingerprint density at radius 2 is 2.08 bits per heavy atom. The summed E-state index contributed by atoms with van der Waals surface area (Å²) < 4.78 is 5.40. The maximum Gasteiger partial charge on any atom is 0.230 e. The third-order valence-electron chi connectivity index (χ3n) is 3.87. The van der Waals surface area contributed by atoms with Crippen LogP contribution in [0.5, 0.6) is 5.75 Å². The quantitative estimate of drug-likeness (QED) is 0.917. The maximum atomic E-state index is 12.3. The Labute approximate surface area is 140 Å². The fourth-order valence-corrected chi connectivity index (χ4v) is 2.69. The number of amides is 2. The fourth-order valence-electron chi connectivity index (χ4n) is 2.69. The topological polar surface area (TPSA) is 71.5 Å². The van der Waals surface area contributed by atoms with Crippen molar-refractivity contribution in [2.24, 2.45) is 5.92 Å². The van der Waals surface area contributed by atoms with Crippen LogP contribution < -0.4 is 15.0 Å². The van der Waals surface area contributed by atoms with Gasteiger partial charge in [0, 0.05) is 24.8 Å². The number of aromatic nitrogens is 1. The molecule has 1 atom stereocenters. The Morgan fingerprint density at radius 3 is 2.75 bits per heavy atom. The highest BCUT2D eigenvalue weighted by Crippen LogP contribution is 2.27. The summed E-state index contributed by atoms with van der Waals surface area (Å²) in [6, 6.07) is 12.6. The second-order valence-electron chi connectivity index (χ2n) is 5.54. The van der Waals surface area contributed by atoms with E-state index in [2.05, 4.69) is 10.3 Å². The lowest BCUT2D eigenvalue weighted by molar-refractivity contribution is -0.122. The summed E-state index contributed by atoms with van der Waals surface area (Å²) in [6.07, 6.45) is 1.81. The van der Waals surface area contributed by atoms with Gasteiger partial charge in [0.2, 0.25) is 11.8 Å². The predicted octanol–water partition coefficient (Wildman–Crippen LogP) is 2.47. The molecule has 6 nitrogen and oxygen atoms in total. The number of anilines is 2. The van der Waals surface area contributed by atoms with Gasteiger partial charge < -0.3 is 15.0 Å². The molecule has 6 heteroatoms. The number of rotatable bonds is 5. The third-order valence-corrected chi connectivity index (χ3v) is 3.87. The minimum absolute atomic E-state index is 0.0552. The van der Waals surface area contributed by atoms with Crippen LogP contribution in [0.1, 0.15) is 13.3 Å². The summed E-state index contributed by atoms with van der Waals surface area (Å²) in [5, 5.41) is 2.75. The minimum atomic E-state index is -0.383. The Kier molecular flexibility index (Phi) is 4.74. The van der Waals surface area contributed by atoms with Crippen LogP contribution in [0.3, 0.4) is 0 Å². The molecule has 0 aliphatic carbocycles. The zero-order chi connectivity index (χ0) is 16.9. The van der Waals surface area contributed by atoms with Crippen molar-refractivity contribution in [2.75, 3.05) is 23.4 Å². The van der Waals surface area contributed by atoms with Crippen molar-refractivity contribution in [3.8, 4) is 5.75 Å². The highest BCUT2D eigenvalue weighted by Gasteiger charge is 2.35. The average Bonchev–Trinajstić information content (AvgIpc) is 2.99. The van der Waals surface area contributed by atoms with Gasteiger partial charge in [-0.25, -0.2) is 4.98 Å². The Hall–Kier alpha value is -2.89. The van der Waals surface area contributed by atoms with E-state index in [1.807, 2.05) is 31.2 Å². The molecule has 1 N–H and O–H groups in total. The monoisotopic (exact) mass is 325 g/mol. The van der Waals surface area contributed by atoms with Crippen LogP contribution in [0.4, 0.5) is 11.5 Å². The van der Waals surface area contributed by atoms with Gasteiger partial charge in [-0.1, -0.05) is 6.07 Å². The van der Waals surface area contributed by atoms with Crippen LogP contribution in [0.15, 0.2) is 48.7 Å². The van der Waals surface area contributed by atoms with Crippen molar-refractivity contribution in [3.05, 3.63) is 48.7 Å². The molecule has 1 aliphatic heterocycles. The first kappa shape index (κ1) is 16.0. The van der Waals surface area contributed by atoms with Crippen molar-refractivity contribution in [2.45, 2.75) is 13.3 Å². The summed E-state index contributed by atoms with van der Waals surface area (Å²) in [6.45, 7) is 2.88. The summed E-state index contributed by atoms with van der Waals surface area (Å²) in [5.41, 5.74) is 0.775. The average molecular weight is 325 g/mol. The number of nitrogens with one attached hydrogen (secondary N) is 1. The number of carbonyl (C=O) groups excluding carboxylic acids is 2. The van der Waals surface area contributed by atoms with Gasteiger partial charge in [0.15, 0.2) is 0 Å². The summed E-state index contributed by atoms with van der Waals surface area (Å²) >= 11 is 0. The third kappa shape index (κ3) is 3.53. The molecule has 0 saturated carbocycles. The Bertz CT molecular complexity index is 716. The van der Waals surface area contributed by atoms with Crippen molar-refractivity contribution in [3.63, 3.8) is 0 Å². The van der Waals surface area contributed by atoms with E-state index in [0.29, 0.717) is 19.0 Å². The van der Waals surface area contributed by atoms with Gasteiger partial charge in [-0.3, -0.25) is 9.59 Å². The minimum Gasteiger partial charge on any atom is -0.494 e. The van der Waals surface area contributed by atoms with E-state index in [0.717, 1.165) is 11.4 Å². The van der Waals surface area contributed by atoms with Gasteiger partial charge in [0.05, 0.1) is 12.5 Å². The smallest absolute Gasteiger partial charge is 0.230 e. The van der Waals surface area contributed by atoms with Gasteiger partial charge in [-0.05, 0) is 43.3 Å². The normalized spacial score (nSPS) is 17.0. The van der Waals surface area contributed by atoms with Crippen LogP contribution in [0.2, 0.25) is 0 Å². The van der Waals surface area contributed by atoms with E-state index >= 15 is 0 Å². The SMILES string of the molecule is CCOc1ccc(N2CC(C(=O)Nc3ccccn3)CC2=O)cc1. The molecule has 0 bridgehead atoms. The number of carbonyl (C=O) groups is 2. The molecule has 2 heterocycles. The van der Waals surface area contributed by atoms with Crippen molar-refractivity contribution >= 4 is 23.3 Å². The molecule has 1 unspecified atom stereocenters. The molecule has 1 saturated heterocycles. The van der Waals surface area contributed by atoms with Crippen LogP contribution in [0, 0.1) is 5.92 Å². The van der Waals surface area contributed by atoms with E-state index in [1.165, 1.54) is 0 Å². The predicted molar refractivity (Wildman–Crippen MR) is 90.9 cm³/mol. The first-order valence-electron chi connectivity index (χ1n) is 7.92. The maximum absolute atomic E-state index is 12.3. The number of hydrogen-bond donors (Lipinski definition) is 1. The molecule has 124 valence electrons. The molecule has 3 rings (SSSR count). The molecule has 2 aromatic rings. The zero-order valence-corrected chi connectivity index (χ0v) is 13.4. The lowest BCUT2D eigenvalue weighted by atomic mass is 10.1. The van der Waals surface area contributed by atoms with Crippen molar-refractivity contribution in [1.82, 2.24) is 4.98 Å². The van der Waals surface area contributed by atoms with Gasteiger partial charge in [-0.15, -0.1) is 0 Å². The Morgan fingerprint density at radius 1 is 1.29 bits per heavy atom. The number of hydrogen-bond acceptors (Lipinski definition) is 4. The Balaban J connectivity index is 1.65. The lowest BCUT2D eigenvalue weighted by Gasteiger charge is -2.17. The molecular formula is C18H19N3O3. The second-order valence-corrected chi connectivity index (χ2v) is 5.54. The molecule has 1 aromatic heterocycles. The van der Waals surface area contributed by atoms with E-state index < -0.39 is 0 Å². The van der Waals surface area contributed by atoms with Gasteiger partial charge in [-0.2, -0.15) is 0 Å². The van der Waals surface area contributed by atoms with E-state index in [4.69, 9.17) is 4.74 Å². The zero-order valence-electron chi connectivity index (χ0n) is 13.4. The van der Waals surface area contributed by atoms with Crippen molar-refractivity contribution < 1.29 is 14.3 Å². The van der Waals surface area contributed by atoms with Crippen LogP contribution in [-0.2, 0) is 9.59 Å². The van der Waals surface area contributed by atoms with E-state index in [9.17, 15) is 9.59 Å². The number of benzene rings is 1. The molecule has 1 fully saturated rings. The lowest BCUT2D eigenvalue weighted by Crippen LogP contribution is -2.28. The molecule has 0 radical (unpaired) electrons. The van der Waals surface area contributed by atoms with Crippen LogP contribution >= 0.6 is 0 Å². The highest BCUT2D eigenvalue weighted by molar-refractivity contribution is 6.03. The van der Waals surface area contributed by atoms with E-state index in [-0.39, 0.29) is 24.2 Å². The van der Waals surface area contributed by atoms with Gasteiger partial charge in [0.1, 0.15) is 11.6 Å². The highest BCUT2D eigenvalue weighted by atomic mass is 16.5. The van der Waals surface area contributed by atoms with Crippen LogP contribution in [0.25, 0.3) is 0 Å².